The minimum absolute atomic E-state index is 0.132. The molecule has 0 radical (unpaired) electrons. The maximum Gasteiger partial charge on any atom is 0.237 e. The number of anilines is 1. The number of aromatic nitrogens is 1. The number of rotatable bonds is 4. The van der Waals surface area contributed by atoms with E-state index < -0.39 is 0 Å². The second-order valence-corrected chi connectivity index (χ2v) is 8.09. The van der Waals surface area contributed by atoms with Gasteiger partial charge in [-0.2, -0.15) is 5.26 Å². The summed E-state index contributed by atoms with van der Waals surface area (Å²) in [5.74, 6) is -0.132. The molecule has 0 spiro atoms. The highest BCUT2D eigenvalue weighted by molar-refractivity contribution is 8.02. The number of halogens is 1. The van der Waals surface area contributed by atoms with Crippen molar-refractivity contribution in [2.75, 3.05) is 5.32 Å². The molecule has 0 saturated heterocycles. The van der Waals surface area contributed by atoms with Gasteiger partial charge in [-0.05, 0) is 43.3 Å². The van der Waals surface area contributed by atoms with E-state index in [1.165, 1.54) is 23.1 Å². The molecule has 1 N–H and O–H groups in total. The van der Waals surface area contributed by atoms with Gasteiger partial charge in [-0.15, -0.1) is 11.3 Å². The van der Waals surface area contributed by atoms with Gasteiger partial charge in [0.05, 0.1) is 27.1 Å². The van der Waals surface area contributed by atoms with Crippen molar-refractivity contribution >= 4 is 56.5 Å². The van der Waals surface area contributed by atoms with Gasteiger partial charge in [0.1, 0.15) is 0 Å². The SMILES string of the molecule is C[C@@H](Sc1nc2cc(Cl)ccc2s1)C(=O)Nc1cccc(C#N)c1. The number of benzene rings is 2. The Kier molecular flexibility index (Phi) is 5.05. The van der Waals surface area contributed by atoms with Crippen LogP contribution in [0.1, 0.15) is 12.5 Å². The van der Waals surface area contributed by atoms with E-state index in [1.807, 2.05) is 25.1 Å². The van der Waals surface area contributed by atoms with E-state index >= 15 is 0 Å². The van der Waals surface area contributed by atoms with Crippen LogP contribution in [0.3, 0.4) is 0 Å². The van der Waals surface area contributed by atoms with Gasteiger partial charge in [-0.25, -0.2) is 4.98 Å². The monoisotopic (exact) mass is 373 g/mol. The Morgan fingerprint density at radius 1 is 1.38 bits per heavy atom. The lowest BCUT2D eigenvalue weighted by atomic mass is 10.2. The number of carbonyl (C=O) groups excluding carboxylic acids is 1. The van der Waals surface area contributed by atoms with E-state index in [-0.39, 0.29) is 11.2 Å². The fourth-order valence-corrected chi connectivity index (χ4v) is 4.40. The summed E-state index contributed by atoms with van der Waals surface area (Å²) in [5.41, 5.74) is 1.96. The number of hydrogen-bond acceptors (Lipinski definition) is 5. The number of hydrogen-bond donors (Lipinski definition) is 1. The second-order valence-electron chi connectivity index (χ2n) is 5.03. The molecule has 0 aliphatic rings. The second kappa shape index (κ2) is 7.22. The average Bonchev–Trinajstić information content (AvgIpc) is 2.96. The van der Waals surface area contributed by atoms with Crippen molar-refractivity contribution in [2.24, 2.45) is 0 Å². The van der Waals surface area contributed by atoms with Gasteiger partial charge in [-0.3, -0.25) is 4.79 Å². The zero-order valence-electron chi connectivity index (χ0n) is 12.6. The van der Waals surface area contributed by atoms with Gasteiger partial charge in [0, 0.05) is 10.7 Å². The van der Waals surface area contributed by atoms with Crippen LogP contribution in [0.4, 0.5) is 5.69 Å². The quantitative estimate of drug-likeness (QED) is 0.658. The number of thioether (sulfide) groups is 1. The minimum atomic E-state index is -0.313. The van der Waals surface area contributed by atoms with E-state index in [0.29, 0.717) is 16.3 Å². The maximum absolute atomic E-state index is 12.3. The average molecular weight is 374 g/mol. The van der Waals surface area contributed by atoms with Crippen LogP contribution in [0.25, 0.3) is 10.2 Å². The molecule has 0 saturated carbocycles. The van der Waals surface area contributed by atoms with Crippen LogP contribution in [-0.4, -0.2) is 16.1 Å². The number of thiazole rings is 1. The largest absolute Gasteiger partial charge is 0.325 e. The van der Waals surface area contributed by atoms with Crippen molar-refractivity contribution < 1.29 is 4.79 Å². The molecule has 0 aliphatic carbocycles. The molecule has 0 fully saturated rings. The highest BCUT2D eigenvalue weighted by atomic mass is 35.5. The Bertz CT molecular complexity index is 948. The highest BCUT2D eigenvalue weighted by Gasteiger charge is 2.17. The summed E-state index contributed by atoms with van der Waals surface area (Å²) < 4.78 is 1.86. The first-order valence-electron chi connectivity index (χ1n) is 7.09. The first kappa shape index (κ1) is 16.8. The third kappa shape index (κ3) is 3.88. The Hall–Kier alpha value is -2.07. The predicted octanol–water partition coefficient (Wildman–Crippen LogP) is 4.94. The first-order valence-corrected chi connectivity index (χ1v) is 9.16. The molecule has 3 aromatic rings. The lowest BCUT2D eigenvalue weighted by Crippen LogP contribution is -2.22. The summed E-state index contributed by atoms with van der Waals surface area (Å²) in [5, 5.41) is 12.1. The topological polar surface area (TPSA) is 65.8 Å². The lowest BCUT2D eigenvalue weighted by molar-refractivity contribution is -0.115. The normalized spacial score (nSPS) is 11.9. The van der Waals surface area contributed by atoms with Gasteiger partial charge in [0.15, 0.2) is 4.34 Å². The van der Waals surface area contributed by atoms with Gasteiger partial charge in [0.2, 0.25) is 5.91 Å². The lowest BCUT2D eigenvalue weighted by Gasteiger charge is -2.10. The van der Waals surface area contributed by atoms with E-state index in [1.54, 1.807) is 24.3 Å². The van der Waals surface area contributed by atoms with Gasteiger partial charge in [0.25, 0.3) is 0 Å². The Morgan fingerprint density at radius 3 is 3.00 bits per heavy atom. The molecule has 7 heteroatoms. The summed E-state index contributed by atoms with van der Waals surface area (Å²) in [6, 6.07) is 14.5. The van der Waals surface area contributed by atoms with E-state index in [2.05, 4.69) is 16.4 Å². The fourth-order valence-electron chi connectivity index (χ4n) is 2.04. The number of amides is 1. The van der Waals surface area contributed by atoms with E-state index in [4.69, 9.17) is 16.9 Å². The van der Waals surface area contributed by atoms with Crippen molar-refractivity contribution in [3.05, 3.63) is 53.1 Å². The van der Waals surface area contributed by atoms with Crippen LogP contribution in [0.5, 0.6) is 0 Å². The third-order valence-electron chi connectivity index (χ3n) is 3.24. The molecular weight excluding hydrogens is 362 g/mol. The molecule has 4 nitrogen and oxygen atoms in total. The van der Waals surface area contributed by atoms with Crippen molar-refractivity contribution in [1.82, 2.24) is 4.98 Å². The van der Waals surface area contributed by atoms with Crippen LogP contribution in [-0.2, 0) is 4.79 Å². The van der Waals surface area contributed by atoms with Crippen molar-refractivity contribution in [3.63, 3.8) is 0 Å². The third-order valence-corrected chi connectivity index (χ3v) is 5.70. The maximum atomic E-state index is 12.3. The molecule has 1 heterocycles. The molecular formula is C17H12ClN3OS2. The molecule has 0 aliphatic heterocycles. The Morgan fingerprint density at radius 2 is 2.21 bits per heavy atom. The summed E-state index contributed by atoms with van der Waals surface area (Å²) in [6.07, 6.45) is 0. The number of carbonyl (C=O) groups is 1. The number of nitrogens with zero attached hydrogens (tertiary/aromatic N) is 2. The van der Waals surface area contributed by atoms with Gasteiger partial charge >= 0.3 is 0 Å². The molecule has 1 aromatic heterocycles. The molecule has 1 atom stereocenters. The van der Waals surface area contributed by atoms with Crippen molar-refractivity contribution in [2.45, 2.75) is 16.5 Å². The minimum Gasteiger partial charge on any atom is -0.325 e. The Balaban J connectivity index is 1.69. The highest BCUT2D eigenvalue weighted by Crippen LogP contribution is 2.33. The summed E-state index contributed by atoms with van der Waals surface area (Å²) in [6.45, 7) is 1.83. The zero-order chi connectivity index (χ0) is 17.1. The van der Waals surface area contributed by atoms with Crippen LogP contribution in [0, 0.1) is 11.3 Å². The van der Waals surface area contributed by atoms with Crippen molar-refractivity contribution in [1.29, 1.82) is 5.26 Å². The fraction of sp³-hybridized carbons (Fsp3) is 0.118. The standard InChI is InChI=1S/C17H12ClN3OS2/c1-10(16(22)20-13-4-2-3-11(7-13)9-19)23-17-21-14-8-12(18)5-6-15(14)24-17/h2-8,10H,1H3,(H,20,22)/t10-/m1/s1. The van der Waals surface area contributed by atoms with Gasteiger partial charge < -0.3 is 5.32 Å². The molecule has 1 amide bonds. The Labute approximate surface area is 152 Å². The van der Waals surface area contributed by atoms with Crippen LogP contribution >= 0.6 is 34.7 Å². The summed E-state index contributed by atoms with van der Waals surface area (Å²) >= 11 is 8.90. The predicted molar refractivity (Wildman–Crippen MR) is 99.7 cm³/mol. The van der Waals surface area contributed by atoms with Gasteiger partial charge in [-0.1, -0.05) is 29.4 Å². The number of fused-ring (bicyclic) bond motifs is 1. The molecule has 0 unspecified atom stereocenters. The summed E-state index contributed by atoms with van der Waals surface area (Å²) in [7, 11) is 0. The van der Waals surface area contributed by atoms with Crippen molar-refractivity contribution in [3.8, 4) is 6.07 Å². The smallest absolute Gasteiger partial charge is 0.237 e. The molecule has 0 bridgehead atoms. The zero-order valence-corrected chi connectivity index (χ0v) is 15.0. The van der Waals surface area contributed by atoms with E-state index in [9.17, 15) is 4.79 Å². The molecule has 120 valence electrons. The number of nitriles is 1. The first-order chi connectivity index (χ1) is 11.5. The molecule has 24 heavy (non-hydrogen) atoms. The molecule has 2 aromatic carbocycles. The van der Waals surface area contributed by atoms with Crippen LogP contribution in [0.15, 0.2) is 46.8 Å². The van der Waals surface area contributed by atoms with E-state index in [0.717, 1.165) is 14.6 Å². The van der Waals surface area contributed by atoms with Crippen LogP contribution < -0.4 is 5.32 Å². The number of nitrogens with one attached hydrogen (secondary N) is 1. The molecule has 3 rings (SSSR count). The summed E-state index contributed by atoms with van der Waals surface area (Å²) in [4.78, 5) is 16.8. The van der Waals surface area contributed by atoms with Crippen LogP contribution in [0.2, 0.25) is 5.02 Å².